The van der Waals surface area contributed by atoms with Gasteiger partial charge in [-0.25, -0.2) is 0 Å². The zero-order chi connectivity index (χ0) is 16.1. The molecule has 1 saturated heterocycles. The third kappa shape index (κ3) is 4.69. The van der Waals surface area contributed by atoms with E-state index in [9.17, 15) is 5.11 Å². The number of aliphatic hydroxyl groups excluding tert-OH is 1. The minimum absolute atomic E-state index is 0.0738. The van der Waals surface area contributed by atoms with E-state index in [0.717, 1.165) is 70.6 Å². The highest BCUT2D eigenvalue weighted by Crippen LogP contribution is 2.32. The van der Waals surface area contributed by atoms with Crippen LogP contribution in [0.15, 0.2) is 18.2 Å². The van der Waals surface area contributed by atoms with Gasteiger partial charge in [0, 0.05) is 24.7 Å². The lowest BCUT2D eigenvalue weighted by Crippen LogP contribution is -2.37. The van der Waals surface area contributed by atoms with Gasteiger partial charge in [-0.05, 0) is 63.7 Å². The number of nitrogens with zero attached hydrogens (tertiary/aromatic N) is 1. The third-order valence-corrected chi connectivity index (χ3v) is 5.04. The maximum absolute atomic E-state index is 9.56. The van der Waals surface area contributed by atoms with Crippen LogP contribution in [-0.4, -0.2) is 48.9 Å². The zero-order valence-corrected chi connectivity index (χ0v) is 14.3. The van der Waals surface area contributed by atoms with E-state index in [1.165, 1.54) is 11.1 Å². The van der Waals surface area contributed by atoms with Gasteiger partial charge in [-0.1, -0.05) is 12.1 Å². The Morgan fingerprint density at radius 2 is 2.09 bits per heavy atom. The lowest BCUT2D eigenvalue weighted by atomic mass is 10.0. The summed E-state index contributed by atoms with van der Waals surface area (Å²) < 4.78 is 5.90. The molecule has 2 N–H and O–H groups in total. The first-order valence-corrected chi connectivity index (χ1v) is 9.09. The molecule has 1 fully saturated rings. The van der Waals surface area contributed by atoms with Crippen molar-refractivity contribution in [3.8, 4) is 5.75 Å². The van der Waals surface area contributed by atoms with Crippen molar-refractivity contribution in [1.82, 2.24) is 10.2 Å². The van der Waals surface area contributed by atoms with E-state index in [4.69, 9.17) is 4.74 Å². The normalized spacial score (nSPS) is 23.1. The summed E-state index contributed by atoms with van der Waals surface area (Å²) in [5.74, 6) is 1.06. The monoisotopic (exact) mass is 318 g/mol. The zero-order valence-electron chi connectivity index (χ0n) is 14.3. The lowest BCUT2D eigenvalue weighted by Gasteiger charge is -2.29. The third-order valence-electron chi connectivity index (χ3n) is 5.04. The van der Waals surface area contributed by atoms with E-state index in [1.54, 1.807) is 0 Å². The first-order valence-electron chi connectivity index (χ1n) is 9.09. The van der Waals surface area contributed by atoms with Crippen molar-refractivity contribution in [2.45, 2.75) is 51.2 Å². The number of hydrogen-bond donors (Lipinski definition) is 2. The van der Waals surface area contributed by atoms with Crippen LogP contribution in [0.5, 0.6) is 5.75 Å². The highest BCUT2D eigenvalue weighted by Gasteiger charge is 2.20. The molecule has 23 heavy (non-hydrogen) atoms. The van der Waals surface area contributed by atoms with Crippen molar-refractivity contribution >= 4 is 0 Å². The van der Waals surface area contributed by atoms with Crippen LogP contribution < -0.4 is 10.1 Å². The molecule has 0 amide bonds. The van der Waals surface area contributed by atoms with Gasteiger partial charge in [0.1, 0.15) is 5.75 Å². The molecule has 2 aliphatic rings. The molecule has 0 radical (unpaired) electrons. The number of piperidine rings is 1. The van der Waals surface area contributed by atoms with E-state index >= 15 is 0 Å². The Kier molecular flexibility index (Phi) is 5.92. The van der Waals surface area contributed by atoms with Crippen LogP contribution in [0.3, 0.4) is 0 Å². The van der Waals surface area contributed by atoms with Crippen molar-refractivity contribution in [3.63, 3.8) is 0 Å². The van der Waals surface area contributed by atoms with Crippen LogP contribution >= 0.6 is 0 Å². The molecule has 0 spiro atoms. The fourth-order valence-electron chi connectivity index (χ4n) is 3.61. The Morgan fingerprint density at radius 1 is 1.26 bits per heavy atom. The summed E-state index contributed by atoms with van der Waals surface area (Å²) in [5.41, 5.74) is 2.57. The Labute approximate surface area is 139 Å². The summed E-state index contributed by atoms with van der Waals surface area (Å²) in [5, 5.41) is 13.3. The Morgan fingerprint density at radius 3 is 2.91 bits per heavy atom. The summed E-state index contributed by atoms with van der Waals surface area (Å²) in [7, 11) is 0. The van der Waals surface area contributed by atoms with Gasteiger partial charge in [0.15, 0.2) is 0 Å². The van der Waals surface area contributed by atoms with Gasteiger partial charge in [0.2, 0.25) is 0 Å². The topological polar surface area (TPSA) is 44.7 Å². The Bertz CT molecular complexity index is 498. The van der Waals surface area contributed by atoms with E-state index in [1.807, 2.05) is 0 Å². The molecule has 0 bridgehead atoms. The first kappa shape index (κ1) is 16.7. The SMILES string of the molecule is Cc1ccc2c(c1)OCCCC2NCCCN1CCC(O)CC1. The quantitative estimate of drug-likeness (QED) is 0.819. The molecule has 4 nitrogen and oxygen atoms in total. The number of aryl methyl sites for hydroxylation is 1. The van der Waals surface area contributed by atoms with Crippen LogP contribution in [-0.2, 0) is 0 Å². The van der Waals surface area contributed by atoms with Gasteiger partial charge >= 0.3 is 0 Å². The van der Waals surface area contributed by atoms with Crippen molar-refractivity contribution in [2.75, 3.05) is 32.8 Å². The summed E-state index contributed by atoms with van der Waals surface area (Å²) in [6.45, 7) is 7.19. The Hall–Kier alpha value is -1.10. The maximum Gasteiger partial charge on any atom is 0.124 e. The van der Waals surface area contributed by atoms with Crippen LogP contribution in [0.4, 0.5) is 0 Å². The van der Waals surface area contributed by atoms with Crippen molar-refractivity contribution in [2.24, 2.45) is 0 Å². The van der Waals surface area contributed by atoms with Gasteiger partial charge in [-0.2, -0.15) is 0 Å². The smallest absolute Gasteiger partial charge is 0.124 e. The van der Waals surface area contributed by atoms with Gasteiger partial charge in [0.05, 0.1) is 12.7 Å². The van der Waals surface area contributed by atoms with Crippen LogP contribution in [0.1, 0.15) is 49.3 Å². The molecule has 0 aromatic heterocycles. The molecule has 1 aromatic rings. The van der Waals surface area contributed by atoms with Crippen molar-refractivity contribution in [1.29, 1.82) is 0 Å². The maximum atomic E-state index is 9.56. The minimum Gasteiger partial charge on any atom is -0.493 e. The Balaban J connectivity index is 1.47. The van der Waals surface area contributed by atoms with Gasteiger partial charge in [-0.3, -0.25) is 0 Å². The van der Waals surface area contributed by atoms with Crippen molar-refractivity contribution < 1.29 is 9.84 Å². The molecule has 2 heterocycles. The van der Waals surface area contributed by atoms with Gasteiger partial charge < -0.3 is 20.1 Å². The lowest BCUT2D eigenvalue weighted by molar-refractivity contribution is 0.0820. The predicted molar refractivity (Wildman–Crippen MR) is 92.9 cm³/mol. The molecule has 2 aliphatic heterocycles. The number of aliphatic hydroxyl groups is 1. The van der Waals surface area contributed by atoms with E-state index < -0.39 is 0 Å². The number of ether oxygens (including phenoxy) is 1. The summed E-state index contributed by atoms with van der Waals surface area (Å²) in [6, 6.07) is 6.98. The van der Waals surface area contributed by atoms with Crippen LogP contribution in [0, 0.1) is 6.92 Å². The van der Waals surface area contributed by atoms with E-state index in [0.29, 0.717) is 6.04 Å². The number of benzene rings is 1. The molecule has 4 heteroatoms. The summed E-state index contributed by atoms with van der Waals surface area (Å²) in [6.07, 6.45) is 5.20. The molecular formula is C19H30N2O2. The standard InChI is InChI=1S/C19H30N2O2/c1-15-5-6-17-18(4-2-13-23-19(17)14-15)20-9-3-10-21-11-7-16(22)8-12-21/h5-6,14,16,18,20,22H,2-4,7-13H2,1H3. The number of likely N-dealkylation sites (tertiary alicyclic amines) is 1. The second-order valence-electron chi connectivity index (χ2n) is 6.97. The summed E-state index contributed by atoms with van der Waals surface area (Å²) in [4.78, 5) is 2.47. The minimum atomic E-state index is -0.0738. The molecule has 0 aliphatic carbocycles. The average Bonchev–Trinajstić information content (AvgIpc) is 2.75. The highest BCUT2D eigenvalue weighted by molar-refractivity contribution is 5.39. The van der Waals surface area contributed by atoms with E-state index in [2.05, 4.69) is 35.3 Å². The second kappa shape index (κ2) is 8.13. The molecular weight excluding hydrogens is 288 g/mol. The fraction of sp³-hybridized carbons (Fsp3) is 0.684. The number of nitrogens with one attached hydrogen (secondary N) is 1. The second-order valence-corrected chi connectivity index (χ2v) is 6.97. The first-order chi connectivity index (χ1) is 11.2. The van der Waals surface area contributed by atoms with Gasteiger partial charge in [-0.15, -0.1) is 0 Å². The molecule has 0 saturated carbocycles. The van der Waals surface area contributed by atoms with Gasteiger partial charge in [0.25, 0.3) is 0 Å². The molecule has 1 aromatic carbocycles. The molecule has 1 unspecified atom stereocenters. The highest BCUT2D eigenvalue weighted by atomic mass is 16.5. The van der Waals surface area contributed by atoms with E-state index in [-0.39, 0.29) is 6.10 Å². The number of rotatable bonds is 5. The number of fused-ring (bicyclic) bond motifs is 1. The largest absolute Gasteiger partial charge is 0.493 e. The molecule has 128 valence electrons. The average molecular weight is 318 g/mol. The summed E-state index contributed by atoms with van der Waals surface area (Å²) >= 11 is 0. The molecule has 1 atom stereocenters. The van der Waals surface area contributed by atoms with Crippen LogP contribution in [0.2, 0.25) is 0 Å². The van der Waals surface area contributed by atoms with Crippen LogP contribution in [0.25, 0.3) is 0 Å². The van der Waals surface area contributed by atoms with Crippen molar-refractivity contribution in [3.05, 3.63) is 29.3 Å². The predicted octanol–water partition coefficient (Wildman–Crippen LogP) is 2.65. The fourth-order valence-corrected chi connectivity index (χ4v) is 3.61. The molecule has 3 rings (SSSR count). The number of hydrogen-bond acceptors (Lipinski definition) is 4.